The molecule has 1 aromatic carbocycles. The van der Waals surface area contributed by atoms with E-state index >= 15 is 0 Å². The van der Waals surface area contributed by atoms with Crippen LogP contribution >= 0.6 is 0 Å². The number of rotatable bonds is 6. The minimum Gasteiger partial charge on any atom is -0.493 e. The first-order valence-electron chi connectivity index (χ1n) is 6.63. The van der Waals surface area contributed by atoms with Crippen LogP contribution in [-0.2, 0) is 14.8 Å². The van der Waals surface area contributed by atoms with Crippen LogP contribution in [0.1, 0.15) is 5.56 Å². The zero-order chi connectivity index (χ0) is 17.6. The van der Waals surface area contributed by atoms with Crippen molar-refractivity contribution in [1.29, 1.82) is 5.26 Å². The first-order chi connectivity index (χ1) is 11.5. The van der Waals surface area contributed by atoms with Crippen molar-refractivity contribution < 1.29 is 22.7 Å². The molecular weight excluding hydrogens is 334 g/mol. The molecule has 0 aliphatic heterocycles. The average molecular weight is 347 g/mol. The molecule has 0 unspecified atom stereocenters. The van der Waals surface area contributed by atoms with Crippen LogP contribution in [0.25, 0.3) is 0 Å². The number of carbonyl (C=O) groups excluding carboxylic acids is 1. The predicted octanol–water partition coefficient (Wildman–Crippen LogP) is 0.846. The summed E-state index contributed by atoms with van der Waals surface area (Å²) in [5.41, 5.74) is 0.364. The van der Waals surface area contributed by atoms with Gasteiger partial charge in [0.05, 0.1) is 18.7 Å². The summed E-state index contributed by atoms with van der Waals surface area (Å²) in [6.45, 7) is -0.540. The Labute approximate surface area is 138 Å². The molecule has 0 spiro atoms. The molecule has 0 radical (unpaired) electrons. The summed E-state index contributed by atoms with van der Waals surface area (Å²) >= 11 is 0. The van der Waals surface area contributed by atoms with Crippen molar-refractivity contribution in [2.24, 2.45) is 0 Å². The molecule has 124 valence electrons. The molecule has 0 bridgehead atoms. The number of sulfonamides is 1. The Bertz CT molecular complexity index is 876. The fraction of sp³-hybridized carbons (Fsp3) is 0.133. The van der Waals surface area contributed by atoms with Crippen molar-refractivity contribution in [3.05, 3.63) is 48.3 Å². The lowest BCUT2D eigenvalue weighted by Crippen LogP contribution is -2.34. The van der Waals surface area contributed by atoms with Crippen molar-refractivity contribution in [2.45, 2.75) is 4.90 Å². The van der Waals surface area contributed by atoms with E-state index in [2.05, 4.69) is 4.98 Å². The maximum Gasteiger partial charge on any atom is 0.271 e. The lowest BCUT2D eigenvalue weighted by Gasteiger charge is -2.11. The molecule has 1 N–H and O–H groups in total. The molecule has 2 aromatic rings. The van der Waals surface area contributed by atoms with E-state index in [0.717, 1.165) is 6.20 Å². The third-order valence-electron chi connectivity index (χ3n) is 2.84. The number of nitriles is 1. The number of benzene rings is 1. The molecule has 0 aliphatic rings. The molecule has 9 heteroatoms. The van der Waals surface area contributed by atoms with E-state index in [0.29, 0.717) is 5.56 Å². The monoisotopic (exact) mass is 347 g/mol. The minimum atomic E-state index is -4.01. The molecule has 1 aromatic heterocycles. The van der Waals surface area contributed by atoms with Crippen LogP contribution in [0.15, 0.2) is 47.6 Å². The molecule has 0 atom stereocenters. The van der Waals surface area contributed by atoms with Gasteiger partial charge in [-0.05, 0) is 24.3 Å². The highest BCUT2D eigenvalue weighted by atomic mass is 32.2. The first-order valence-corrected chi connectivity index (χ1v) is 8.11. The van der Waals surface area contributed by atoms with Crippen molar-refractivity contribution in [3.63, 3.8) is 0 Å². The third kappa shape index (κ3) is 4.21. The molecule has 2 rings (SSSR count). The van der Waals surface area contributed by atoms with E-state index in [1.807, 2.05) is 10.8 Å². The highest BCUT2D eigenvalue weighted by molar-refractivity contribution is 7.90. The van der Waals surface area contributed by atoms with E-state index in [4.69, 9.17) is 14.7 Å². The number of nitrogens with zero attached hydrogens (tertiary/aromatic N) is 2. The number of aromatic nitrogens is 1. The Kier molecular flexibility index (Phi) is 5.34. The zero-order valence-corrected chi connectivity index (χ0v) is 13.4. The van der Waals surface area contributed by atoms with Gasteiger partial charge < -0.3 is 9.47 Å². The summed E-state index contributed by atoms with van der Waals surface area (Å²) in [5, 5.41) is 8.82. The molecule has 24 heavy (non-hydrogen) atoms. The summed E-state index contributed by atoms with van der Waals surface area (Å²) < 4.78 is 36.1. The van der Waals surface area contributed by atoms with Gasteiger partial charge in [0.2, 0.25) is 0 Å². The Morgan fingerprint density at radius 2 is 2.12 bits per heavy atom. The van der Waals surface area contributed by atoms with Gasteiger partial charge in [-0.25, -0.2) is 13.1 Å². The van der Waals surface area contributed by atoms with Gasteiger partial charge in [0.1, 0.15) is 4.90 Å². The number of hydrogen-bond donors (Lipinski definition) is 1. The van der Waals surface area contributed by atoms with Gasteiger partial charge in [0, 0.05) is 18.5 Å². The Hall–Kier alpha value is -3.12. The van der Waals surface area contributed by atoms with Crippen LogP contribution < -0.4 is 14.2 Å². The summed E-state index contributed by atoms with van der Waals surface area (Å²) in [7, 11) is -2.62. The topological polar surface area (TPSA) is 118 Å². The van der Waals surface area contributed by atoms with Crippen molar-refractivity contribution in [1.82, 2.24) is 9.71 Å². The molecule has 0 aliphatic carbocycles. The number of nitrogens with one attached hydrogen (secondary N) is 1. The van der Waals surface area contributed by atoms with Crippen LogP contribution in [0, 0.1) is 11.3 Å². The van der Waals surface area contributed by atoms with Crippen molar-refractivity contribution >= 4 is 15.9 Å². The first kappa shape index (κ1) is 17.2. The second-order valence-electron chi connectivity index (χ2n) is 4.48. The van der Waals surface area contributed by atoms with Crippen LogP contribution in [0.4, 0.5) is 0 Å². The van der Waals surface area contributed by atoms with E-state index in [-0.39, 0.29) is 16.4 Å². The molecule has 8 nitrogen and oxygen atoms in total. The smallest absolute Gasteiger partial charge is 0.271 e. The predicted molar refractivity (Wildman–Crippen MR) is 82.8 cm³/mol. The summed E-state index contributed by atoms with van der Waals surface area (Å²) in [6, 6.07) is 9.09. The van der Waals surface area contributed by atoms with Gasteiger partial charge in [0.15, 0.2) is 18.1 Å². The summed E-state index contributed by atoms with van der Waals surface area (Å²) in [5.74, 6) is -0.382. The second kappa shape index (κ2) is 7.43. The fourth-order valence-corrected chi connectivity index (χ4v) is 2.68. The van der Waals surface area contributed by atoms with Crippen LogP contribution in [0.5, 0.6) is 11.5 Å². The molecule has 1 amide bonds. The second-order valence-corrected chi connectivity index (χ2v) is 6.17. The number of ether oxygens (including phenoxy) is 2. The van der Waals surface area contributed by atoms with Gasteiger partial charge in [-0.3, -0.25) is 9.78 Å². The van der Waals surface area contributed by atoms with E-state index < -0.39 is 22.5 Å². The highest BCUT2D eigenvalue weighted by Gasteiger charge is 2.18. The lowest BCUT2D eigenvalue weighted by atomic mass is 10.2. The third-order valence-corrected chi connectivity index (χ3v) is 4.20. The number of carbonyl (C=O) groups is 1. The van der Waals surface area contributed by atoms with Crippen LogP contribution in [0.2, 0.25) is 0 Å². The maximum atomic E-state index is 12.0. The van der Waals surface area contributed by atoms with Crippen molar-refractivity contribution in [3.8, 4) is 17.6 Å². The van der Waals surface area contributed by atoms with Crippen LogP contribution in [0.3, 0.4) is 0 Å². The Balaban J connectivity index is 2.03. The lowest BCUT2D eigenvalue weighted by molar-refractivity contribution is -0.121. The standard InChI is InChI=1S/C15H13N3O5S/c1-22-14-7-11(8-16)4-5-13(14)23-10-15(19)18-24(20,21)12-3-2-6-17-9-12/h2-7,9H,10H2,1H3,(H,18,19). The fourth-order valence-electron chi connectivity index (χ4n) is 1.74. The SMILES string of the molecule is COc1cc(C#N)ccc1OCC(=O)NS(=O)(=O)c1cccnc1. The Morgan fingerprint density at radius 3 is 2.75 bits per heavy atom. The molecular formula is C15H13N3O5S. The number of methoxy groups -OCH3 is 1. The minimum absolute atomic E-state index is 0.130. The normalized spacial score (nSPS) is 10.5. The van der Waals surface area contributed by atoms with Crippen LogP contribution in [-0.4, -0.2) is 33.0 Å². The van der Waals surface area contributed by atoms with Gasteiger partial charge >= 0.3 is 0 Å². The molecule has 0 saturated heterocycles. The van der Waals surface area contributed by atoms with Gasteiger partial charge in [-0.1, -0.05) is 0 Å². The zero-order valence-electron chi connectivity index (χ0n) is 12.6. The maximum absolute atomic E-state index is 12.0. The number of pyridine rings is 1. The largest absolute Gasteiger partial charge is 0.493 e. The van der Waals surface area contributed by atoms with Gasteiger partial charge in [0.25, 0.3) is 15.9 Å². The van der Waals surface area contributed by atoms with Gasteiger partial charge in [-0.2, -0.15) is 5.26 Å². The summed E-state index contributed by atoms with van der Waals surface area (Å²) in [4.78, 5) is 15.4. The Morgan fingerprint density at radius 1 is 1.33 bits per heavy atom. The average Bonchev–Trinajstić information content (AvgIpc) is 2.60. The summed E-state index contributed by atoms with van der Waals surface area (Å²) in [6.07, 6.45) is 2.54. The number of hydrogen-bond acceptors (Lipinski definition) is 7. The molecule has 0 fully saturated rings. The van der Waals surface area contributed by atoms with Gasteiger partial charge in [-0.15, -0.1) is 0 Å². The molecule has 0 saturated carbocycles. The number of amides is 1. The van der Waals surface area contributed by atoms with E-state index in [1.165, 1.54) is 43.6 Å². The van der Waals surface area contributed by atoms with E-state index in [1.54, 1.807) is 0 Å². The van der Waals surface area contributed by atoms with Crippen molar-refractivity contribution in [2.75, 3.05) is 13.7 Å². The quantitative estimate of drug-likeness (QED) is 0.822. The van der Waals surface area contributed by atoms with E-state index in [9.17, 15) is 13.2 Å². The highest BCUT2D eigenvalue weighted by Crippen LogP contribution is 2.27. The molecule has 1 heterocycles.